The zero-order valence-electron chi connectivity index (χ0n) is 20.3. The lowest BCUT2D eigenvalue weighted by Crippen LogP contribution is -2.32. The fraction of sp³-hybridized carbons (Fsp3) is 0.680. The van der Waals surface area contributed by atoms with E-state index in [9.17, 15) is 9.59 Å². The molecule has 0 aromatic heterocycles. The maximum Gasteiger partial charge on any atom is 0.307 e. The number of ether oxygens (including phenoxy) is 2. The minimum absolute atomic E-state index is 0.0817. The average Bonchev–Trinajstić information content (AvgIpc) is 2.81. The van der Waals surface area contributed by atoms with E-state index in [2.05, 4.69) is 11.9 Å². The van der Waals surface area contributed by atoms with Crippen LogP contribution < -0.4 is 5.32 Å². The van der Waals surface area contributed by atoms with Gasteiger partial charge in [0.05, 0.1) is 19.6 Å². The number of carbonyl (C=O) groups excluding carboxylic acids is 2. The predicted octanol–water partition coefficient (Wildman–Crippen LogP) is 2.22. The second-order valence-corrected chi connectivity index (χ2v) is 7.61. The van der Waals surface area contributed by atoms with Gasteiger partial charge in [-0.3, -0.25) is 14.5 Å². The Morgan fingerprint density at radius 1 is 0.970 bits per heavy atom. The third-order valence-corrected chi connectivity index (χ3v) is 4.95. The van der Waals surface area contributed by atoms with Crippen molar-refractivity contribution in [1.82, 2.24) is 10.2 Å². The quantitative estimate of drug-likeness (QED) is 0.126. The smallest absolute Gasteiger partial charge is 0.307 e. The zero-order valence-corrected chi connectivity index (χ0v) is 20.3. The SMILES string of the molecule is C=CC(C/C=C\COC(=O)CCNCCCN(CCO)CCO)CC/C=C/COC(=O)CC. The Hall–Kier alpha value is -2.00. The van der Waals surface area contributed by atoms with Gasteiger partial charge in [-0.2, -0.15) is 0 Å². The lowest BCUT2D eigenvalue weighted by atomic mass is 9.99. The number of hydrogen-bond acceptors (Lipinski definition) is 8. The van der Waals surface area contributed by atoms with Gasteiger partial charge in [0.1, 0.15) is 13.2 Å². The first-order valence-corrected chi connectivity index (χ1v) is 12.0. The van der Waals surface area contributed by atoms with Gasteiger partial charge in [0.25, 0.3) is 0 Å². The zero-order chi connectivity index (χ0) is 24.6. The van der Waals surface area contributed by atoms with Gasteiger partial charge < -0.3 is 25.0 Å². The molecule has 1 atom stereocenters. The number of nitrogens with zero attached hydrogens (tertiary/aromatic N) is 1. The van der Waals surface area contributed by atoms with Gasteiger partial charge in [0.2, 0.25) is 0 Å². The summed E-state index contributed by atoms with van der Waals surface area (Å²) in [6, 6.07) is 0. The summed E-state index contributed by atoms with van der Waals surface area (Å²) in [5, 5.41) is 21.2. The Morgan fingerprint density at radius 3 is 2.27 bits per heavy atom. The van der Waals surface area contributed by atoms with Crippen LogP contribution in [-0.2, 0) is 19.1 Å². The molecule has 0 aromatic carbocycles. The summed E-state index contributed by atoms with van der Waals surface area (Å²) in [5.74, 6) is -0.0828. The van der Waals surface area contributed by atoms with Crippen LogP contribution in [-0.4, -0.2) is 86.2 Å². The lowest BCUT2D eigenvalue weighted by molar-refractivity contribution is -0.143. The van der Waals surface area contributed by atoms with E-state index < -0.39 is 0 Å². The van der Waals surface area contributed by atoms with Gasteiger partial charge in [-0.1, -0.05) is 37.3 Å². The molecular weight excluding hydrogens is 424 g/mol. The van der Waals surface area contributed by atoms with Crippen molar-refractivity contribution in [3.8, 4) is 0 Å². The van der Waals surface area contributed by atoms with Crippen molar-refractivity contribution in [3.63, 3.8) is 0 Å². The highest BCUT2D eigenvalue weighted by molar-refractivity contribution is 5.69. The molecule has 0 fully saturated rings. The van der Waals surface area contributed by atoms with E-state index >= 15 is 0 Å². The first-order valence-electron chi connectivity index (χ1n) is 12.0. The number of hydrogen-bond donors (Lipinski definition) is 3. The van der Waals surface area contributed by atoms with E-state index in [4.69, 9.17) is 19.7 Å². The third kappa shape index (κ3) is 20.3. The molecule has 0 aliphatic carbocycles. The molecule has 0 heterocycles. The van der Waals surface area contributed by atoms with Crippen LogP contribution in [0.25, 0.3) is 0 Å². The third-order valence-electron chi connectivity index (χ3n) is 4.95. The fourth-order valence-electron chi connectivity index (χ4n) is 2.98. The highest BCUT2D eigenvalue weighted by Crippen LogP contribution is 2.13. The van der Waals surface area contributed by atoms with E-state index in [0.717, 1.165) is 38.8 Å². The molecule has 0 radical (unpaired) electrons. The molecule has 0 saturated carbocycles. The summed E-state index contributed by atoms with van der Waals surface area (Å²) >= 11 is 0. The molecule has 8 nitrogen and oxygen atoms in total. The van der Waals surface area contributed by atoms with Crippen LogP contribution in [0.2, 0.25) is 0 Å². The van der Waals surface area contributed by atoms with Gasteiger partial charge in [-0.15, -0.1) is 6.58 Å². The minimum Gasteiger partial charge on any atom is -0.461 e. The number of aliphatic hydroxyl groups is 2. The molecule has 0 amide bonds. The number of nitrogens with one attached hydrogen (secondary N) is 1. The number of aliphatic hydroxyl groups excluding tert-OH is 2. The Bertz CT molecular complexity index is 559. The van der Waals surface area contributed by atoms with E-state index in [0.29, 0.717) is 45.0 Å². The Balaban J connectivity index is 3.75. The van der Waals surface area contributed by atoms with Gasteiger partial charge in [-0.25, -0.2) is 0 Å². The summed E-state index contributed by atoms with van der Waals surface area (Å²) in [4.78, 5) is 24.8. The first kappa shape index (κ1) is 31.0. The van der Waals surface area contributed by atoms with Crippen molar-refractivity contribution in [1.29, 1.82) is 0 Å². The normalized spacial score (nSPS) is 12.5. The van der Waals surface area contributed by atoms with Crippen molar-refractivity contribution >= 4 is 11.9 Å². The molecule has 0 aliphatic heterocycles. The summed E-state index contributed by atoms with van der Waals surface area (Å²) in [7, 11) is 0. The Morgan fingerprint density at radius 2 is 1.64 bits per heavy atom. The van der Waals surface area contributed by atoms with E-state index in [1.165, 1.54) is 0 Å². The largest absolute Gasteiger partial charge is 0.461 e. The standard InChI is InChI=1S/C25H44N2O6/c1-3-23(11-6-5-8-21-32-24(30)4-2)12-7-9-22-33-25(31)13-15-26-14-10-16-27(17-19-28)18-20-29/h3,5,7-9,23,26,28-29H,1,4,6,10-22H2,2H3/b8-5+,9-7-. The summed E-state index contributed by atoms with van der Waals surface area (Å²) < 4.78 is 10.2. The Kier molecular flexibility index (Phi) is 21.8. The average molecular weight is 469 g/mol. The maximum absolute atomic E-state index is 11.8. The van der Waals surface area contributed by atoms with Gasteiger partial charge in [-0.05, 0) is 44.7 Å². The lowest BCUT2D eigenvalue weighted by Gasteiger charge is -2.19. The molecule has 0 aromatic rings. The summed E-state index contributed by atoms with van der Waals surface area (Å²) in [6.45, 7) is 9.63. The monoisotopic (exact) mass is 468 g/mol. The maximum atomic E-state index is 11.8. The molecule has 33 heavy (non-hydrogen) atoms. The minimum atomic E-state index is -0.233. The van der Waals surface area contributed by atoms with Crippen LogP contribution in [0.4, 0.5) is 0 Å². The number of carbonyl (C=O) groups is 2. The molecule has 8 heteroatoms. The summed E-state index contributed by atoms with van der Waals surface area (Å²) in [5.41, 5.74) is 0. The molecule has 0 bridgehead atoms. The van der Waals surface area contributed by atoms with Crippen LogP contribution in [0, 0.1) is 5.92 Å². The topological polar surface area (TPSA) is 108 Å². The highest BCUT2D eigenvalue weighted by atomic mass is 16.5. The summed E-state index contributed by atoms with van der Waals surface area (Å²) in [6.07, 6.45) is 13.9. The molecule has 3 N–H and O–H groups in total. The van der Waals surface area contributed by atoms with Crippen LogP contribution in [0.5, 0.6) is 0 Å². The fourth-order valence-corrected chi connectivity index (χ4v) is 2.98. The predicted molar refractivity (Wildman–Crippen MR) is 131 cm³/mol. The van der Waals surface area contributed by atoms with Crippen molar-refractivity contribution in [2.75, 3.05) is 59.2 Å². The Labute approximate surface area is 199 Å². The van der Waals surface area contributed by atoms with Gasteiger partial charge in [0.15, 0.2) is 0 Å². The van der Waals surface area contributed by atoms with Crippen LogP contribution >= 0.6 is 0 Å². The van der Waals surface area contributed by atoms with Gasteiger partial charge >= 0.3 is 11.9 Å². The molecule has 190 valence electrons. The van der Waals surface area contributed by atoms with E-state index in [-0.39, 0.29) is 31.8 Å². The molecule has 1 unspecified atom stereocenters. The molecule has 0 aliphatic rings. The molecule has 0 rings (SSSR count). The van der Waals surface area contributed by atoms with Crippen molar-refractivity contribution in [2.24, 2.45) is 5.92 Å². The van der Waals surface area contributed by atoms with E-state index in [1.807, 2.05) is 35.3 Å². The second-order valence-electron chi connectivity index (χ2n) is 7.61. The van der Waals surface area contributed by atoms with Crippen LogP contribution in [0.3, 0.4) is 0 Å². The van der Waals surface area contributed by atoms with Gasteiger partial charge in [0, 0.05) is 26.1 Å². The molecular formula is C25H44N2O6. The van der Waals surface area contributed by atoms with Crippen molar-refractivity contribution < 1.29 is 29.3 Å². The van der Waals surface area contributed by atoms with Crippen molar-refractivity contribution in [3.05, 3.63) is 37.0 Å². The molecule has 0 saturated heterocycles. The van der Waals surface area contributed by atoms with E-state index in [1.54, 1.807) is 6.92 Å². The first-order chi connectivity index (χ1) is 16.1. The number of allylic oxidation sites excluding steroid dienone is 3. The number of rotatable bonds is 22. The number of esters is 2. The van der Waals surface area contributed by atoms with Crippen LogP contribution in [0.1, 0.15) is 45.4 Å². The second kappa shape index (κ2) is 23.2. The van der Waals surface area contributed by atoms with Crippen molar-refractivity contribution in [2.45, 2.75) is 45.4 Å². The molecule has 0 spiro atoms. The van der Waals surface area contributed by atoms with Crippen LogP contribution in [0.15, 0.2) is 37.0 Å². The highest BCUT2D eigenvalue weighted by Gasteiger charge is 2.04.